The Morgan fingerprint density at radius 1 is 1.12 bits per heavy atom. The maximum Gasteiger partial charge on any atom is 0.336 e. The van der Waals surface area contributed by atoms with Crippen molar-refractivity contribution in [3.05, 3.63) is 70.1 Å². The predicted molar refractivity (Wildman–Crippen MR) is 99.7 cm³/mol. The number of hydrogen-bond acceptors (Lipinski definition) is 4. The standard InChI is InChI=1S/C21H22N2O3/c1-15-11-20-18(13-19(15)24)16(12-21(25)26-20)14-22-7-9-23(10-8-22)17-5-3-2-4-6-17/h2-6,11-13,24H,7-10,14H2,1H3. The highest BCUT2D eigenvalue weighted by Crippen LogP contribution is 2.24. The Bertz CT molecular complexity index is 974. The average Bonchev–Trinajstić information content (AvgIpc) is 2.65. The first-order chi connectivity index (χ1) is 12.6. The molecule has 0 bridgehead atoms. The highest BCUT2D eigenvalue weighted by molar-refractivity contribution is 5.82. The molecule has 0 aliphatic carbocycles. The largest absolute Gasteiger partial charge is 0.872 e. The fraction of sp³-hybridized carbons (Fsp3) is 0.286. The van der Waals surface area contributed by atoms with Crippen LogP contribution in [0.5, 0.6) is 5.75 Å². The fourth-order valence-electron chi connectivity index (χ4n) is 3.67. The van der Waals surface area contributed by atoms with E-state index in [2.05, 4.69) is 29.2 Å². The second-order valence-electron chi connectivity index (χ2n) is 6.95. The van der Waals surface area contributed by atoms with Crippen molar-refractivity contribution in [1.82, 2.24) is 0 Å². The average molecular weight is 350 g/mol. The highest BCUT2D eigenvalue weighted by Gasteiger charge is 2.21. The Kier molecular flexibility index (Phi) is 4.39. The normalized spacial score (nSPS) is 15.5. The molecule has 1 fully saturated rings. The van der Waals surface area contributed by atoms with Crippen LogP contribution in [0.2, 0.25) is 0 Å². The van der Waals surface area contributed by atoms with Gasteiger partial charge < -0.3 is 19.3 Å². The van der Waals surface area contributed by atoms with Crippen LogP contribution in [-0.4, -0.2) is 26.2 Å². The van der Waals surface area contributed by atoms with Gasteiger partial charge in [0.2, 0.25) is 0 Å². The Balaban J connectivity index is 1.53. The molecule has 0 saturated carbocycles. The second kappa shape index (κ2) is 6.84. The van der Waals surface area contributed by atoms with Crippen molar-refractivity contribution in [3.63, 3.8) is 0 Å². The smallest absolute Gasteiger partial charge is 0.336 e. The molecule has 4 rings (SSSR count). The number of nitrogens with zero attached hydrogens (tertiary/aromatic N) is 1. The van der Waals surface area contributed by atoms with Gasteiger partial charge in [-0.3, -0.25) is 0 Å². The van der Waals surface area contributed by atoms with Gasteiger partial charge in [0.25, 0.3) is 0 Å². The quantitative estimate of drug-likeness (QED) is 0.718. The van der Waals surface area contributed by atoms with Crippen LogP contribution < -0.4 is 20.5 Å². The first kappa shape index (κ1) is 16.7. The topological polar surface area (TPSA) is 61.0 Å². The molecule has 0 radical (unpaired) electrons. The number of para-hydroxylation sites is 1. The third kappa shape index (κ3) is 3.30. The molecule has 0 spiro atoms. The van der Waals surface area contributed by atoms with E-state index in [9.17, 15) is 9.90 Å². The summed E-state index contributed by atoms with van der Waals surface area (Å²) in [6.45, 7) is 6.41. The van der Waals surface area contributed by atoms with E-state index in [1.54, 1.807) is 19.1 Å². The van der Waals surface area contributed by atoms with E-state index in [1.165, 1.54) is 16.7 Å². The van der Waals surface area contributed by atoms with Crippen molar-refractivity contribution in [1.29, 1.82) is 0 Å². The molecule has 5 heteroatoms. The summed E-state index contributed by atoms with van der Waals surface area (Å²) >= 11 is 0. The number of rotatable bonds is 3. The minimum atomic E-state index is -0.354. The van der Waals surface area contributed by atoms with Gasteiger partial charge in [0.15, 0.2) is 0 Å². The summed E-state index contributed by atoms with van der Waals surface area (Å²) in [6, 6.07) is 15.2. The van der Waals surface area contributed by atoms with Crippen LogP contribution in [0.25, 0.3) is 11.0 Å². The molecule has 3 aromatic rings. The summed E-state index contributed by atoms with van der Waals surface area (Å²) in [5.41, 5.74) is 2.90. The summed E-state index contributed by atoms with van der Waals surface area (Å²) in [5.74, 6) is -0.0171. The molecule has 134 valence electrons. The van der Waals surface area contributed by atoms with Crippen LogP contribution in [0.4, 0.5) is 5.69 Å². The lowest BCUT2D eigenvalue weighted by atomic mass is 10.1. The Morgan fingerprint density at radius 2 is 1.85 bits per heavy atom. The minimum Gasteiger partial charge on any atom is -0.872 e. The lowest BCUT2D eigenvalue weighted by molar-refractivity contribution is -0.914. The molecule has 26 heavy (non-hydrogen) atoms. The molecule has 1 aliphatic heterocycles. The maximum atomic E-state index is 12.0. The number of aryl methyl sites for hydroxylation is 1. The lowest BCUT2D eigenvalue weighted by Crippen LogP contribution is -3.13. The summed E-state index contributed by atoms with van der Waals surface area (Å²) in [7, 11) is 0. The zero-order valence-electron chi connectivity index (χ0n) is 14.8. The number of hydrogen-bond donors (Lipinski definition) is 1. The van der Waals surface area contributed by atoms with Crippen LogP contribution in [0.15, 0.2) is 57.7 Å². The molecule has 1 aliphatic rings. The molecule has 0 atom stereocenters. The van der Waals surface area contributed by atoms with E-state index in [4.69, 9.17) is 4.42 Å². The molecule has 1 saturated heterocycles. The molecule has 0 amide bonds. The zero-order valence-corrected chi connectivity index (χ0v) is 14.8. The van der Waals surface area contributed by atoms with Crippen molar-refractivity contribution >= 4 is 16.7 Å². The summed E-state index contributed by atoms with van der Waals surface area (Å²) in [6.07, 6.45) is 0. The maximum absolute atomic E-state index is 12.0. The van der Waals surface area contributed by atoms with Crippen LogP contribution in [0.3, 0.4) is 0 Å². The Labute approximate surface area is 152 Å². The number of anilines is 1. The van der Waals surface area contributed by atoms with Crippen LogP contribution in [0, 0.1) is 6.92 Å². The van der Waals surface area contributed by atoms with E-state index >= 15 is 0 Å². The molecular formula is C21H22N2O3. The third-order valence-corrected chi connectivity index (χ3v) is 5.16. The second-order valence-corrected chi connectivity index (χ2v) is 6.95. The van der Waals surface area contributed by atoms with E-state index in [-0.39, 0.29) is 11.4 Å². The van der Waals surface area contributed by atoms with Gasteiger partial charge in [-0.1, -0.05) is 29.8 Å². The first-order valence-corrected chi connectivity index (χ1v) is 8.98. The minimum absolute atomic E-state index is 0.0171. The van der Waals surface area contributed by atoms with E-state index in [0.717, 1.165) is 43.7 Å². The Hall–Kier alpha value is -2.79. The fourth-order valence-corrected chi connectivity index (χ4v) is 3.67. The van der Waals surface area contributed by atoms with Gasteiger partial charge in [-0.15, -0.1) is 5.75 Å². The number of benzene rings is 2. The predicted octanol–water partition coefficient (Wildman–Crippen LogP) is 1.08. The van der Waals surface area contributed by atoms with Crippen molar-refractivity contribution in [3.8, 4) is 5.75 Å². The summed E-state index contributed by atoms with van der Waals surface area (Å²) in [5, 5.41) is 12.8. The highest BCUT2D eigenvalue weighted by atomic mass is 16.4. The molecular weight excluding hydrogens is 328 g/mol. The van der Waals surface area contributed by atoms with Gasteiger partial charge in [0, 0.05) is 22.7 Å². The Morgan fingerprint density at radius 3 is 2.58 bits per heavy atom. The van der Waals surface area contributed by atoms with Crippen LogP contribution in [0.1, 0.15) is 11.1 Å². The van der Waals surface area contributed by atoms with Gasteiger partial charge in [-0.25, -0.2) is 4.79 Å². The number of nitrogens with one attached hydrogen (secondary N) is 1. The van der Waals surface area contributed by atoms with Gasteiger partial charge in [0.1, 0.15) is 12.1 Å². The van der Waals surface area contributed by atoms with E-state index < -0.39 is 0 Å². The number of piperazine rings is 1. The van der Waals surface area contributed by atoms with Crippen LogP contribution in [-0.2, 0) is 6.54 Å². The SMILES string of the molecule is Cc1cc2oc(=O)cc(C[NH+]3CCN(c4ccccc4)CC3)c2cc1[O-]. The number of fused-ring (bicyclic) bond motifs is 1. The van der Waals surface area contributed by atoms with Crippen molar-refractivity contribution in [2.75, 3.05) is 31.1 Å². The van der Waals surface area contributed by atoms with Gasteiger partial charge in [-0.2, -0.15) is 0 Å². The number of quaternary nitrogens is 1. The zero-order chi connectivity index (χ0) is 18.1. The summed E-state index contributed by atoms with van der Waals surface area (Å²) < 4.78 is 5.29. The van der Waals surface area contributed by atoms with E-state index in [1.807, 2.05) is 6.07 Å². The van der Waals surface area contributed by atoms with E-state index in [0.29, 0.717) is 11.1 Å². The molecule has 1 aromatic heterocycles. The summed E-state index contributed by atoms with van der Waals surface area (Å²) in [4.78, 5) is 15.7. The van der Waals surface area contributed by atoms with Crippen molar-refractivity contribution in [2.45, 2.75) is 13.5 Å². The molecule has 5 nitrogen and oxygen atoms in total. The molecule has 2 heterocycles. The monoisotopic (exact) mass is 350 g/mol. The molecule has 1 N–H and O–H groups in total. The van der Waals surface area contributed by atoms with Gasteiger partial charge in [-0.05, 0) is 25.1 Å². The van der Waals surface area contributed by atoms with Crippen molar-refractivity contribution < 1.29 is 14.4 Å². The lowest BCUT2D eigenvalue weighted by Gasteiger charge is -2.33. The third-order valence-electron chi connectivity index (χ3n) is 5.16. The van der Waals surface area contributed by atoms with Gasteiger partial charge >= 0.3 is 5.63 Å². The molecule has 0 unspecified atom stereocenters. The van der Waals surface area contributed by atoms with Crippen molar-refractivity contribution in [2.24, 2.45) is 0 Å². The van der Waals surface area contributed by atoms with Gasteiger partial charge in [0.05, 0.1) is 26.2 Å². The van der Waals surface area contributed by atoms with Crippen LogP contribution >= 0.6 is 0 Å². The first-order valence-electron chi connectivity index (χ1n) is 8.98. The molecule has 2 aromatic carbocycles.